The van der Waals surface area contributed by atoms with Crippen LogP contribution in [-0.2, 0) is 28.8 Å². The molecule has 12 N–H and O–H groups in total. The van der Waals surface area contributed by atoms with Crippen molar-refractivity contribution < 1.29 is 39.0 Å². The largest absolute Gasteiger partial charge is 0.481 e. The molecule has 0 bridgehead atoms. The molecular weight excluding hydrogens is 512 g/mol. The number of carbonyl (C=O) groups excluding carboxylic acids is 4. The van der Waals surface area contributed by atoms with Crippen molar-refractivity contribution >= 4 is 54.2 Å². The number of aliphatic carboxylic acids is 2. The Morgan fingerprint density at radius 3 is 2.03 bits per heavy atom. The number of guanidine groups is 1. The van der Waals surface area contributed by atoms with Crippen molar-refractivity contribution in [2.24, 2.45) is 17.4 Å². The molecule has 0 rings (SSSR count). The van der Waals surface area contributed by atoms with Crippen molar-refractivity contribution in [1.82, 2.24) is 26.6 Å². The molecule has 4 atom stereocenters. The zero-order valence-electron chi connectivity index (χ0n) is 20.6. The summed E-state index contributed by atoms with van der Waals surface area (Å²) in [5, 5.41) is 37.0. The first-order valence-electron chi connectivity index (χ1n) is 11.3. The molecule has 0 aliphatic carbocycles. The monoisotopic (exact) mass is 548 g/mol. The minimum atomic E-state index is -1.61. The molecule has 0 aromatic heterocycles. The Hall–Kier alpha value is -3.60. The van der Waals surface area contributed by atoms with Crippen molar-refractivity contribution in [2.75, 3.05) is 18.8 Å². The fourth-order valence-corrected chi connectivity index (χ4v) is 3.01. The molecule has 0 aromatic rings. The van der Waals surface area contributed by atoms with E-state index in [0.717, 1.165) is 0 Å². The van der Waals surface area contributed by atoms with E-state index < -0.39 is 78.6 Å². The van der Waals surface area contributed by atoms with Gasteiger partial charge in [0.1, 0.15) is 18.1 Å². The lowest BCUT2D eigenvalue weighted by atomic mass is 10.0. The van der Waals surface area contributed by atoms with Gasteiger partial charge in [0.15, 0.2) is 5.96 Å². The minimum absolute atomic E-state index is 0.0149. The van der Waals surface area contributed by atoms with Gasteiger partial charge < -0.3 is 48.3 Å². The van der Waals surface area contributed by atoms with E-state index in [9.17, 15) is 33.9 Å². The van der Waals surface area contributed by atoms with E-state index in [1.807, 2.05) is 0 Å². The summed E-state index contributed by atoms with van der Waals surface area (Å²) in [6.45, 7) is 2.63. The summed E-state index contributed by atoms with van der Waals surface area (Å²) >= 11 is 3.93. The first-order valence-corrected chi connectivity index (χ1v) is 11.9. The number of amides is 4. The van der Waals surface area contributed by atoms with E-state index in [2.05, 4.69) is 39.2 Å². The number of hydrogen-bond acceptors (Lipinski definition) is 9. The highest BCUT2D eigenvalue weighted by Gasteiger charge is 2.30. The summed E-state index contributed by atoms with van der Waals surface area (Å²) in [5.41, 5.74) is 10.8. The molecule has 37 heavy (non-hydrogen) atoms. The number of thiol groups is 1. The average molecular weight is 549 g/mol. The van der Waals surface area contributed by atoms with Gasteiger partial charge in [-0.15, -0.1) is 0 Å². The van der Waals surface area contributed by atoms with Crippen molar-refractivity contribution in [3.8, 4) is 0 Å². The van der Waals surface area contributed by atoms with Gasteiger partial charge in [-0.25, -0.2) is 4.79 Å². The molecule has 16 nitrogen and oxygen atoms in total. The van der Waals surface area contributed by atoms with Gasteiger partial charge in [-0.05, 0) is 18.8 Å². The van der Waals surface area contributed by atoms with E-state index in [0.29, 0.717) is 6.42 Å². The summed E-state index contributed by atoms with van der Waals surface area (Å²) in [6.07, 6.45) is -0.435. The van der Waals surface area contributed by atoms with Crippen LogP contribution in [0.2, 0.25) is 0 Å². The van der Waals surface area contributed by atoms with Crippen LogP contribution in [-0.4, -0.2) is 94.7 Å². The third kappa shape index (κ3) is 13.9. The van der Waals surface area contributed by atoms with Crippen molar-refractivity contribution in [1.29, 1.82) is 5.41 Å². The fraction of sp³-hybridized carbons (Fsp3) is 0.650. The Morgan fingerprint density at radius 2 is 1.54 bits per heavy atom. The average Bonchev–Trinajstić information content (AvgIpc) is 2.80. The predicted octanol–water partition coefficient (Wildman–Crippen LogP) is -3.71. The Balaban J connectivity index is 5.22. The molecule has 0 fully saturated rings. The lowest BCUT2D eigenvalue weighted by Crippen LogP contribution is -2.56. The molecule has 0 aliphatic rings. The molecule has 0 radical (unpaired) electrons. The first kappa shape index (κ1) is 33.4. The van der Waals surface area contributed by atoms with Crippen LogP contribution in [0.4, 0.5) is 0 Å². The Morgan fingerprint density at radius 1 is 0.919 bits per heavy atom. The summed E-state index contributed by atoms with van der Waals surface area (Å²) in [6, 6.07) is -5.02. The topological polar surface area (TPSA) is 279 Å². The molecule has 0 aromatic carbocycles. The highest BCUT2D eigenvalue weighted by atomic mass is 32.1. The number of hydrogen-bond donors (Lipinski definition) is 11. The van der Waals surface area contributed by atoms with Crippen molar-refractivity contribution in [2.45, 2.75) is 57.3 Å². The number of rotatable bonds is 17. The van der Waals surface area contributed by atoms with Crippen LogP contribution in [0.25, 0.3) is 0 Å². The molecule has 0 saturated carbocycles. The molecule has 0 aliphatic heterocycles. The zero-order chi connectivity index (χ0) is 28.7. The maximum atomic E-state index is 12.6. The highest BCUT2D eigenvalue weighted by Crippen LogP contribution is 2.04. The van der Waals surface area contributed by atoms with Gasteiger partial charge in [-0.1, -0.05) is 13.8 Å². The number of carboxylic acids is 2. The third-order valence-electron chi connectivity index (χ3n) is 4.84. The van der Waals surface area contributed by atoms with E-state index in [-0.39, 0.29) is 24.7 Å². The first-order chi connectivity index (χ1) is 17.2. The minimum Gasteiger partial charge on any atom is -0.481 e. The van der Waals surface area contributed by atoms with Gasteiger partial charge in [0.25, 0.3) is 0 Å². The summed E-state index contributed by atoms with van der Waals surface area (Å²) in [7, 11) is 0. The Kier molecular flexibility index (Phi) is 15.3. The van der Waals surface area contributed by atoms with Gasteiger partial charge in [-0.3, -0.25) is 29.4 Å². The van der Waals surface area contributed by atoms with Gasteiger partial charge in [0, 0.05) is 12.3 Å². The second-order valence-electron chi connectivity index (χ2n) is 8.34. The maximum absolute atomic E-state index is 12.6. The van der Waals surface area contributed by atoms with Crippen LogP contribution in [0.5, 0.6) is 0 Å². The van der Waals surface area contributed by atoms with Crippen LogP contribution in [0.1, 0.15) is 33.1 Å². The van der Waals surface area contributed by atoms with Gasteiger partial charge >= 0.3 is 11.9 Å². The lowest BCUT2D eigenvalue weighted by Gasteiger charge is -2.23. The van der Waals surface area contributed by atoms with E-state index >= 15 is 0 Å². The molecule has 0 saturated heterocycles. The lowest BCUT2D eigenvalue weighted by molar-refractivity contribution is -0.144. The zero-order valence-corrected chi connectivity index (χ0v) is 21.5. The second-order valence-corrected chi connectivity index (χ2v) is 8.70. The highest BCUT2D eigenvalue weighted by molar-refractivity contribution is 7.80. The van der Waals surface area contributed by atoms with Gasteiger partial charge in [0.2, 0.25) is 23.6 Å². The Bertz CT molecular complexity index is 856. The molecule has 0 spiro atoms. The number of nitrogens with two attached hydrogens (primary N) is 2. The molecule has 4 amide bonds. The van der Waals surface area contributed by atoms with Crippen LogP contribution >= 0.6 is 12.6 Å². The number of nitrogens with one attached hydrogen (secondary N) is 6. The molecule has 210 valence electrons. The smallest absolute Gasteiger partial charge is 0.326 e. The van der Waals surface area contributed by atoms with Crippen LogP contribution in [0.15, 0.2) is 0 Å². The van der Waals surface area contributed by atoms with E-state index in [1.165, 1.54) is 13.8 Å². The van der Waals surface area contributed by atoms with E-state index in [1.54, 1.807) is 0 Å². The maximum Gasteiger partial charge on any atom is 0.326 e. The van der Waals surface area contributed by atoms with Gasteiger partial charge in [0.05, 0.1) is 19.0 Å². The van der Waals surface area contributed by atoms with Crippen LogP contribution in [0.3, 0.4) is 0 Å². The summed E-state index contributed by atoms with van der Waals surface area (Å²) in [4.78, 5) is 72.0. The number of carbonyl (C=O) groups is 6. The fourth-order valence-electron chi connectivity index (χ4n) is 2.85. The standard InChI is InChI=1S/C20H36N8O8S/c1-9(2)15(19(35)36)28-18(34)12(6-14(30)31)26-13(29)7-25-17(33)11(4-3-5-24-20(22)23)27-16(32)10(21)8-37/h9-12,15,37H,3-8,21H2,1-2H3,(H,25,33)(H,26,29)(H,27,32)(H,28,34)(H,30,31)(H,35,36)(H4,22,23,24)/t10-,11-,12-,15-/m0/s1. The molecular formula is C20H36N8O8S. The predicted molar refractivity (Wildman–Crippen MR) is 135 cm³/mol. The SMILES string of the molecule is CC(C)[C@H](NC(=O)[C@H](CC(=O)O)NC(=O)CNC(=O)[C@H](CCCNC(=N)N)NC(=O)[C@@H](N)CS)C(=O)O. The van der Waals surface area contributed by atoms with Crippen molar-refractivity contribution in [3.05, 3.63) is 0 Å². The second kappa shape index (κ2) is 17.0. The third-order valence-corrected chi connectivity index (χ3v) is 5.23. The Labute approximate surface area is 219 Å². The van der Waals surface area contributed by atoms with Gasteiger partial charge in [-0.2, -0.15) is 12.6 Å². The van der Waals surface area contributed by atoms with E-state index in [4.69, 9.17) is 22.0 Å². The number of carboxylic acid groups (broad SMARTS) is 2. The normalized spacial score (nSPS) is 13.9. The van der Waals surface area contributed by atoms with Crippen LogP contribution in [0, 0.1) is 11.3 Å². The molecule has 17 heteroatoms. The summed E-state index contributed by atoms with van der Waals surface area (Å²) in [5.74, 6) is -6.91. The quantitative estimate of drug-likeness (QED) is 0.0364. The van der Waals surface area contributed by atoms with Crippen molar-refractivity contribution in [3.63, 3.8) is 0 Å². The summed E-state index contributed by atoms with van der Waals surface area (Å²) < 4.78 is 0. The molecule has 0 unspecified atom stereocenters. The van der Waals surface area contributed by atoms with Crippen LogP contribution < -0.4 is 38.1 Å². The molecule has 0 heterocycles.